The summed E-state index contributed by atoms with van der Waals surface area (Å²) in [5.74, 6) is 0.946. The number of fused-ring (bicyclic) bond motifs is 1. The van der Waals surface area contributed by atoms with Crippen LogP contribution in [0.25, 0.3) is 11.3 Å². The van der Waals surface area contributed by atoms with Crippen LogP contribution in [0.2, 0.25) is 0 Å². The van der Waals surface area contributed by atoms with E-state index in [1.54, 1.807) is 11.3 Å². The number of aromatic nitrogens is 1. The number of hydrogen-bond acceptors (Lipinski definition) is 4. The summed E-state index contributed by atoms with van der Waals surface area (Å²) < 4.78 is 5.87. The molecular formula is C13H14N2OS. The first-order valence-corrected chi connectivity index (χ1v) is 6.74. The van der Waals surface area contributed by atoms with Crippen LogP contribution >= 0.6 is 11.3 Å². The average molecular weight is 246 g/mol. The molecule has 3 nitrogen and oxygen atoms in total. The molecule has 0 bridgehead atoms. The van der Waals surface area contributed by atoms with Crippen molar-refractivity contribution in [3.63, 3.8) is 0 Å². The molecule has 0 saturated carbocycles. The van der Waals surface area contributed by atoms with Gasteiger partial charge in [0.15, 0.2) is 0 Å². The van der Waals surface area contributed by atoms with Gasteiger partial charge in [-0.2, -0.15) is 0 Å². The Morgan fingerprint density at radius 2 is 2.47 bits per heavy atom. The van der Waals surface area contributed by atoms with E-state index in [-0.39, 0.29) is 6.10 Å². The van der Waals surface area contributed by atoms with Crippen LogP contribution in [-0.2, 0) is 0 Å². The van der Waals surface area contributed by atoms with Gasteiger partial charge in [0.2, 0.25) is 0 Å². The lowest BCUT2D eigenvalue weighted by Gasteiger charge is -2.26. The zero-order valence-corrected chi connectivity index (χ0v) is 10.5. The molecule has 1 aromatic carbocycles. The van der Waals surface area contributed by atoms with Crippen molar-refractivity contribution < 1.29 is 4.74 Å². The molecule has 1 aliphatic heterocycles. The maximum atomic E-state index is 5.87. The van der Waals surface area contributed by atoms with Crippen LogP contribution in [0.4, 0.5) is 5.69 Å². The van der Waals surface area contributed by atoms with E-state index in [0.29, 0.717) is 0 Å². The Hall–Kier alpha value is -1.55. The van der Waals surface area contributed by atoms with Gasteiger partial charge in [-0.05, 0) is 24.6 Å². The largest absolute Gasteiger partial charge is 0.486 e. The summed E-state index contributed by atoms with van der Waals surface area (Å²) in [6, 6.07) is 6.20. The zero-order valence-electron chi connectivity index (χ0n) is 9.64. The molecule has 1 atom stereocenters. The van der Waals surface area contributed by atoms with E-state index in [2.05, 4.69) is 34.7 Å². The van der Waals surface area contributed by atoms with Gasteiger partial charge in [0.25, 0.3) is 0 Å². The SMILES string of the molecule is CCC1CNc2cc(-c3cscn3)ccc2O1. The fraction of sp³-hybridized carbons (Fsp3) is 0.308. The minimum absolute atomic E-state index is 0.285. The van der Waals surface area contributed by atoms with Crippen molar-refractivity contribution in [2.24, 2.45) is 0 Å². The van der Waals surface area contributed by atoms with E-state index in [9.17, 15) is 0 Å². The number of nitrogens with one attached hydrogen (secondary N) is 1. The van der Waals surface area contributed by atoms with Crippen LogP contribution in [0.3, 0.4) is 0 Å². The number of anilines is 1. The van der Waals surface area contributed by atoms with Gasteiger partial charge in [-0.3, -0.25) is 0 Å². The lowest BCUT2D eigenvalue weighted by atomic mass is 10.1. The number of ether oxygens (including phenoxy) is 1. The Labute approximate surface area is 104 Å². The topological polar surface area (TPSA) is 34.2 Å². The first kappa shape index (κ1) is 10.6. The van der Waals surface area contributed by atoms with E-state index in [1.807, 2.05) is 11.6 Å². The second-order valence-corrected chi connectivity index (χ2v) is 4.83. The third-order valence-electron chi connectivity index (χ3n) is 2.98. The summed E-state index contributed by atoms with van der Waals surface area (Å²) in [5, 5.41) is 5.47. The first-order valence-electron chi connectivity index (χ1n) is 5.80. The molecule has 2 heterocycles. The average Bonchev–Trinajstić information content (AvgIpc) is 2.91. The summed E-state index contributed by atoms with van der Waals surface area (Å²) >= 11 is 1.61. The van der Waals surface area contributed by atoms with Crippen LogP contribution in [0, 0.1) is 0 Å². The molecule has 4 heteroatoms. The van der Waals surface area contributed by atoms with Crippen molar-refractivity contribution in [2.75, 3.05) is 11.9 Å². The molecule has 1 N–H and O–H groups in total. The maximum Gasteiger partial charge on any atom is 0.142 e. The smallest absolute Gasteiger partial charge is 0.142 e. The normalized spacial score (nSPS) is 18.1. The van der Waals surface area contributed by atoms with Crippen molar-refractivity contribution in [1.29, 1.82) is 0 Å². The third kappa shape index (κ3) is 2.00. The van der Waals surface area contributed by atoms with E-state index in [1.165, 1.54) is 0 Å². The van der Waals surface area contributed by atoms with Crippen LogP contribution < -0.4 is 10.1 Å². The van der Waals surface area contributed by atoms with Gasteiger partial charge >= 0.3 is 0 Å². The molecule has 0 fully saturated rings. The number of hydrogen-bond donors (Lipinski definition) is 1. The van der Waals surface area contributed by atoms with Gasteiger partial charge in [-0.25, -0.2) is 4.98 Å². The number of thiazole rings is 1. The van der Waals surface area contributed by atoms with Gasteiger partial charge in [0.05, 0.1) is 23.4 Å². The predicted molar refractivity (Wildman–Crippen MR) is 70.7 cm³/mol. The van der Waals surface area contributed by atoms with Gasteiger partial charge < -0.3 is 10.1 Å². The Morgan fingerprint density at radius 1 is 1.53 bits per heavy atom. The predicted octanol–water partition coefficient (Wildman–Crippen LogP) is 3.39. The van der Waals surface area contributed by atoms with Crippen LogP contribution in [-0.4, -0.2) is 17.6 Å². The molecular weight excluding hydrogens is 232 g/mol. The maximum absolute atomic E-state index is 5.87. The fourth-order valence-corrected chi connectivity index (χ4v) is 2.52. The molecule has 0 spiro atoms. The summed E-state index contributed by atoms with van der Waals surface area (Å²) in [6.07, 6.45) is 1.31. The third-order valence-corrected chi connectivity index (χ3v) is 3.56. The second-order valence-electron chi connectivity index (χ2n) is 4.11. The van der Waals surface area contributed by atoms with Gasteiger partial charge in [-0.1, -0.05) is 6.92 Å². The monoisotopic (exact) mass is 246 g/mol. The zero-order chi connectivity index (χ0) is 11.7. The molecule has 1 aliphatic rings. The lowest BCUT2D eigenvalue weighted by molar-refractivity contribution is 0.202. The Balaban J connectivity index is 1.93. The summed E-state index contributed by atoms with van der Waals surface area (Å²) in [4.78, 5) is 4.32. The minimum atomic E-state index is 0.285. The van der Waals surface area contributed by atoms with E-state index in [0.717, 1.165) is 35.7 Å². The van der Waals surface area contributed by atoms with Crippen LogP contribution in [0.5, 0.6) is 5.75 Å². The fourth-order valence-electron chi connectivity index (χ4n) is 1.96. The van der Waals surface area contributed by atoms with Crippen molar-refractivity contribution in [1.82, 2.24) is 4.98 Å². The highest BCUT2D eigenvalue weighted by atomic mass is 32.1. The minimum Gasteiger partial charge on any atom is -0.486 e. The Bertz CT molecular complexity index is 510. The summed E-state index contributed by atoms with van der Waals surface area (Å²) in [5.41, 5.74) is 5.08. The molecule has 0 aliphatic carbocycles. The van der Waals surface area contributed by atoms with Crippen LogP contribution in [0.1, 0.15) is 13.3 Å². The van der Waals surface area contributed by atoms with E-state index in [4.69, 9.17) is 4.74 Å². The van der Waals surface area contributed by atoms with Crippen molar-refractivity contribution in [3.8, 4) is 17.0 Å². The molecule has 0 radical (unpaired) electrons. The highest BCUT2D eigenvalue weighted by molar-refractivity contribution is 7.07. The Kier molecular flexibility index (Phi) is 2.73. The summed E-state index contributed by atoms with van der Waals surface area (Å²) in [6.45, 7) is 3.02. The van der Waals surface area contributed by atoms with E-state index >= 15 is 0 Å². The highest BCUT2D eigenvalue weighted by Gasteiger charge is 2.18. The molecule has 88 valence electrons. The van der Waals surface area contributed by atoms with Gasteiger partial charge in [0, 0.05) is 10.9 Å². The van der Waals surface area contributed by atoms with Gasteiger partial charge in [-0.15, -0.1) is 11.3 Å². The lowest BCUT2D eigenvalue weighted by Crippen LogP contribution is -2.29. The van der Waals surface area contributed by atoms with E-state index < -0.39 is 0 Å². The number of benzene rings is 1. The number of rotatable bonds is 2. The molecule has 1 unspecified atom stereocenters. The number of nitrogens with zero attached hydrogens (tertiary/aromatic N) is 1. The quantitative estimate of drug-likeness (QED) is 0.882. The second kappa shape index (κ2) is 4.37. The van der Waals surface area contributed by atoms with Crippen molar-refractivity contribution >= 4 is 17.0 Å². The molecule has 0 saturated heterocycles. The molecule has 3 rings (SSSR count). The first-order chi connectivity index (χ1) is 8.36. The highest BCUT2D eigenvalue weighted by Crippen LogP contribution is 2.33. The molecule has 2 aromatic rings. The van der Waals surface area contributed by atoms with Crippen LogP contribution in [0.15, 0.2) is 29.1 Å². The molecule has 1 aromatic heterocycles. The Morgan fingerprint density at radius 3 is 3.24 bits per heavy atom. The summed E-state index contributed by atoms with van der Waals surface area (Å²) in [7, 11) is 0. The standard InChI is InChI=1S/C13H14N2OS/c1-2-10-6-14-11-5-9(3-4-13(11)16-10)12-7-17-8-15-12/h3-5,7-8,10,14H,2,6H2,1H3. The molecule has 0 amide bonds. The molecule has 17 heavy (non-hydrogen) atoms. The van der Waals surface area contributed by atoms with Gasteiger partial charge in [0.1, 0.15) is 11.9 Å². The van der Waals surface area contributed by atoms with Crippen molar-refractivity contribution in [3.05, 3.63) is 29.1 Å². The van der Waals surface area contributed by atoms with Crippen molar-refractivity contribution in [2.45, 2.75) is 19.4 Å².